The zero-order chi connectivity index (χ0) is 14.4. The molecule has 1 rings (SSSR count). The van der Waals surface area contributed by atoms with Crippen LogP contribution in [0.4, 0.5) is 0 Å². The third-order valence-electron chi connectivity index (χ3n) is 6.39. The minimum atomic E-state index is -2.09. The van der Waals surface area contributed by atoms with Crippen molar-refractivity contribution >= 4 is 33.6 Å². The van der Waals surface area contributed by atoms with E-state index in [2.05, 4.69) is 55.6 Å². The van der Waals surface area contributed by atoms with Crippen molar-refractivity contribution in [1.82, 2.24) is 0 Å². The van der Waals surface area contributed by atoms with Gasteiger partial charge in [0.2, 0.25) is 0 Å². The van der Waals surface area contributed by atoms with E-state index in [4.69, 9.17) is 4.34 Å². The van der Waals surface area contributed by atoms with E-state index in [0.29, 0.717) is 15.3 Å². The standard InChI is InChI=1S/C11H24BOSi.3CH3.Sn/c1-7-11(8-2)10(4)14(5,6)13-12(11)9-3;;;;/h7-9H2,1-6H3;3*1H3;. The van der Waals surface area contributed by atoms with Crippen molar-refractivity contribution < 1.29 is 4.34 Å². The first-order chi connectivity index (χ1) is 8.04. The summed E-state index contributed by atoms with van der Waals surface area (Å²) in [6.07, 6.45) is 3.78. The Morgan fingerprint density at radius 3 is 1.78 bits per heavy atom. The summed E-state index contributed by atoms with van der Waals surface area (Å²) < 4.78 is 7.27. The van der Waals surface area contributed by atoms with Crippen LogP contribution in [0.3, 0.4) is 0 Å². The van der Waals surface area contributed by atoms with Crippen molar-refractivity contribution in [3.8, 4) is 0 Å². The van der Waals surface area contributed by atoms with Gasteiger partial charge in [0.25, 0.3) is 0 Å². The minimum absolute atomic E-state index is 0.450. The monoisotopic (exact) mass is 376 g/mol. The molecule has 1 unspecified atom stereocenters. The van der Waals surface area contributed by atoms with Gasteiger partial charge in [-0.3, -0.25) is 0 Å². The Kier molecular flexibility index (Phi) is 4.85. The van der Waals surface area contributed by atoms with Gasteiger partial charge in [0.05, 0.1) is 0 Å². The molecule has 18 heavy (non-hydrogen) atoms. The van der Waals surface area contributed by atoms with Crippen LogP contribution >= 0.6 is 0 Å². The van der Waals surface area contributed by atoms with Crippen molar-refractivity contribution in [1.29, 1.82) is 0 Å². The third-order valence-corrected chi connectivity index (χ3v) is 30.3. The van der Waals surface area contributed by atoms with Gasteiger partial charge >= 0.3 is 121 Å². The summed E-state index contributed by atoms with van der Waals surface area (Å²) in [6.45, 7) is 15.2. The second kappa shape index (κ2) is 5.10. The van der Waals surface area contributed by atoms with Gasteiger partial charge in [-0.25, -0.2) is 0 Å². The quantitative estimate of drug-likeness (QED) is 0.596. The van der Waals surface area contributed by atoms with Gasteiger partial charge in [-0.2, -0.15) is 0 Å². The molecule has 1 atom stereocenters. The molecular formula is C14H33BOSiSn. The van der Waals surface area contributed by atoms with E-state index in [9.17, 15) is 0 Å². The molecule has 0 saturated carbocycles. The molecule has 1 heterocycles. The molecule has 1 fully saturated rings. The Morgan fingerprint density at radius 2 is 1.50 bits per heavy atom. The molecule has 0 aliphatic carbocycles. The molecule has 0 aromatic rings. The van der Waals surface area contributed by atoms with Crippen LogP contribution in [0, 0.1) is 0 Å². The molecule has 1 nitrogen and oxygen atoms in total. The van der Waals surface area contributed by atoms with Gasteiger partial charge in [-0.15, -0.1) is 0 Å². The first-order valence-corrected chi connectivity index (χ1v) is 20.6. The maximum atomic E-state index is 6.73. The SMILES string of the molecule is CCB1O[Si](C)(C)[C](C)([Sn]([CH3])([CH3])[CH3])C1(CC)CC. The Balaban J connectivity index is 3.50. The van der Waals surface area contributed by atoms with Gasteiger partial charge in [0, 0.05) is 0 Å². The van der Waals surface area contributed by atoms with E-state index in [-0.39, 0.29) is 0 Å². The van der Waals surface area contributed by atoms with E-state index >= 15 is 0 Å². The number of rotatable bonds is 4. The fraction of sp³-hybridized carbons (Fsp3) is 1.00. The Bertz CT molecular complexity index is 309. The molecule has 1 aliphatic rings. The normalized spacial score (nSPS) is 30.8. The van der Waals surface area contributed by atoms with Gasteiger partial charge in [0.15, 0.2) is 0 Å². The third kappa shape index (κ3) is 1.98. The maximum absolute atomic E-state index is 6.73. The predicted molar refractivity (Wildman–Crippen MR) is 89.8 cm³/mol. The summed E-state index contributed by atoms with van der Waals surface area (Å²) in [4.78, 5) is 7.89. The summed E-state index contributed by atoms with van der Waals surface area (Å²) in [6, 6.07) is 0. The molecule has 4 heteroatoms. The van der Waals surface area contributed by atoms with Crippen LogP contribution in [0.5, 0.6) is 0 Å². The molecule has 0 N–H and O–H groups in total. The molecule has 0 amide bonds. The van der Waals surface area contributed by atoms with Crippen molar-refractivity contribution in [2.45, 2.75) is 83.1 Å². The van der Waals surface area contributed by atoms with Crippen LogP contribution in [0.25, 0.3) is 0 Å². The Morgan fingerprint density at radius 1 is 1.06 bits per heavy atom. The molecule has 0 aromatic carbocycles. The van der Waals surface area contributed by atoms with Crippen LogP contribution in [0.1, 0.15) is 40.5 Å². The molecular weight excluding hydrogens is 342 g/mol. The van der Waals surface area contributed by atoms with Crippen LogP contribution in [0.2, 0.25) is 42.6 Å². The molecule has 106 valence electrons. The molecule has 0 aromatic heterocycles. The van der Waals surface area contributed by atoms with Gasteiger partial charge in [-0.05, 0) is 0 Å². The van der Waals surface area contributed by atoms with Crippen molar-refractivity contribution in [3.63, 3.8) is 0 Å². The predicted octanol–water partition coefficient (Wildman–Crippen LogP) is 5.43. The Labute approximate surface area is 121 Å². The van der Waals surface area contributed by atoms with E-state index < -0.39 is 26.7 Å². The first kappa shape index (κ1) is 17.1. The zero-order valence-corrected chi connectivity index (χ0v) is 18.0. The summed E-state index contributed by atoms with van der Waals surface area (Å²) in [7, 11) is -1.60. The molecule has 0 radical (unpaired) electrons. The first-order valence-electron chi connectivity index (χ1n) is 7.72. The average Bonchev–Trinajstić information content (AvgIpc) is 2.44. The van der Waals surface area contributed by atoms with E-state index in [0.717, 1.165) is 0 Å². The average molecular weight is 375 g/mol. The van der Waals surface area contributed by atoms with Crippen molar-refractivity contribution in [2.75, 3.05) is 0 Å². The summed E-state index contributed by atoms with van der Waals surface area (Å²) in [5.74, 6) is 0. The summed E-state index contributed by atoms with van der Waals surface area (Å²) in [5.41, 5.74) is 0. The van der Waals surface area contributed by atoms with Crippen LogP contribution in [-0.2, 0) is 4.34 Å². The van der Waals surface area contributed by atoms with E-state index in [1.54, 1.807) is 0 Å². The van der Waals surface area contributed by atoms with Crippen LogP contribution < -0.4 is 0 Å². The van der Waals surface area contributed by atoms with Crippen LogP contribution in [-0.4, -0.2) is 33.6 Å². The summed E-state index contributed by atoms with van der Waals surface area (Å²) >= 11 is -2.09. The molecule has 0 spiro atoms. The molecule has 1 saturated heterocycles. The van der Waals surface area contributed by atoms with Gasteiger partial charge in [-0.1, -0.05) is 0 Å². The fourth-order valence-electron chi connectivity index (χ4n) is 5.04. The Hall–Kier alpha value is 1.04. The van der Waals surface area contributed by atoms with Crippen molar-refractivity contribution in [2.24, 2.45) is 0 Å². The van der Waals surface area contributed by atoms with E-state index in [1.165, 1.54) is 19.2 Å². The second-order valence-corrected chi connectivity index (χ2v) is 29.1. The zero-order valence-electron chi connectivity index (χ0n) is 14.1. The van der Waals surface area contributed by atoms with Crippen LogP contribution in [0.15, 0.2) is 0 Å². The molecule has 1 aliphatic heterocycles. The topological polar surface area (TPSA) is 9.23 Å². The van der Waals surface area contributed by atoms with Crippen molar-refractivity contribution in [3.05, 3.63) is 0 Å². The fourth-order valence-corrected chi connectivity index (χ4v) is 31.6. The second-order valence-electron chi connectivity index (χ2n) is 7.76. The van der Waals surface area contributed by atoms with Gasteiger partial charge < -0.3 is 0 Å². The summed E-state index contributed by atoms with van der Waals surface area (Å²) in [5, 5.41) is 0.450. The van der Waals surface area contributed by atoms with E-state index in [1.807, 2.05) is 0 Å². The number of hydrogen-bond donors (Lipinski definition) is 0. The van der Waals surface area contributed by atoms with Gasteiger partial charge in [0.1, 0.15) is 0 Å². The molecule has 0 bridgehead atoms. The number of hydrogen-bond acceptors (Lipinski definition) is 1.